The van der Waals surface area contributed by atoms with Gasteiger partial charge in [0.2, 0.25) is 0 Å². The lowest BCUT2D eigenvalue weighted by atomic mass is 9.99. The summed E-state index contributed by atoms with van der Waals surface area (Å²) in [4.78, 5) is 11.2. The molecule has 0 amide bonds. The lowest BCUT2D eigenvalue weighted by Crippen LogP contribution is -2.40. The maximum absolute atomic E-state index is 11.2. The minimum Gasteiger partial charge on any atom is -0.461 e. The molecule has 0 saturated heterocycles. The van der Waals surface area contributed by atoms with Crippen LogP contribution >= 0.6 is 0 Å². The lowest BCUT2D eigenvalue weighted by molar-refractivity contribution is -0.169. The normalized spacial score (nSPS) is 19.6. The third-order valence-electron chi connectivity index (χ3n) is 1.59. The fraction of sp³-hybridized carbons (Fsp3) is 0.889. The Balaban J connectivity index is 4.08. The van der Waals surface area contributed by atoms with E-state index < -0.39 is 23.8 Å². The fourth-order valence-corrected chi connectivity index (χ4v) is 1.01. The number of carbonyl (C=O) groups is 1. The van der Waals surface area contributed by atoms with Crippen molar-refractivity contribution in [2.75, 3.05) is 6.61 Å². The topological polar surface area (TPSA) is 87.0 Å². The number of ether oxygens (including phenoxy) is 1. The second kappa shape index (κ2) is 5.29. The molecule has 84 valence electrons. The molecule has 3 N–H and O–H groups in total. The molecule has 0 radical (unpaired) electrons. The molecule has 3 atom stereocenters. The van der Waals surface area contributed by atoms with Gasteiger partial charge in [-0.3, -0.25) is 0 Å². The molecule has 14 heavy (non-hydrogen) atoms. The highest BCUT2D eigenvalue weighted by molar-refractivity contribution is 5.78. The van der Waals surface area contributed by atoms with Crippen molar-refractivity contribution in [3.8, 4) is 0 Å². The Morgan fingerprint density at radius 3 is 2.21 bits per heavy atom. The summed E-state index contributed by atoms with van der Waals surface area (Å²) in [5, 5.41) is 27.4. The zero-order chi connectivity index (χ0) is 11.4. The first-order chi connectivity index (χ1) is 6.25. The summed E-state index contributed by atoms with van der Waals surface area (Å²) in [5.41, 5.74) is -1.71. The smallest absolute Gasteiger partial charge is 0.338 e. The largest absolute Gasteiger partial charge is 0.461 e. The summed E-state index contributed by atoms with van der Waals surface area (Å²) < 4.78 is 4.62. The van der Waals surface area contributed by atoms with E-state index in [1.807, 2.05) is 0 Å². The second-order valence-corrected chi connectivity index (χ2v) is 3.77. The first-order valence-electron chi connectivity index (χ1n) is 4.51. The number of aliphatic hydroxyl groups is 3. The van der Waals surface area contributed by atoms with Crippen molar-refractivity contribution >= 4 is 5.97 Å². The monoisotopic (exact) mass is 206 g/mol. The molecule has 0 aliphatic carbocycles. The average molecular weight is 206 g/mol. The van der Waals surface area contributed by atoms with E-state index in [-0.39, 0.29) is 13.0 Å². The number of esters is 1. The van der Waals surface area contributed by atoms with Gasteiger partial charge in [-0.25, -0.2) is 4.79 Å². The number of carbonyl (C=O) groups excluding carboxylic acids is 1. The highest BCUT2D eigenvalue weighted by atomic mass is 16.6. The van der Waals surface area contributed by atoms with Crippen molar-refractivity contribution in [3.05, 3.63) is 0 Å². The van der Waals surface area contributed by atoms with E-state index in [2.05, 4.69) is 4.74 Å². The fourth-order valence-electron chi connectivity index (χ4n) is 1.01. The van der Waals surface area contributed by atoms with Crippen LogP contribution in [0.5, 0.6) is 0 Å². The van der Waals surface area contributed by atoms with Crippen molar-refractivity contribution in [3.63, 3.8) is 0 Å². The van der Waals surface area contributed by atoms with Gasteiger partial charge in [-0.2, -0.15) is 0 Å². The number of aliphatic hydroxyl groups excluding tert-OH is 2. The van der Waals surface area contributed by atoms with Crippen LogP contribution in [0.4, 0.5) is 0 Å². The molecule has 0 bridgehead atoms. The Labute approximate surface area is 83.3 Å². The van der Waals surface area contributed by atoms with Gasteiger partial charge in [0.05, 0.1) is 12.2 Å². The van der Waals surface area contributed by atoms with E-state index in [9.17, 15) is 9.90 Å². The van der Waals surface area contributed by atoms with Crippen molar-refractivity contribution < 1.29 is 24.9 Å². The predicted molar refractivity (Wildman–Crippen MR) is 49.6 cm³/mol. The summed E-state index contributed by atoms with van der Waals surface area (Å²) in [6.45, 7) is 4.05. The number of rotatable bonds is 5. The van der Waals surface area contributed by atoms with E-state index >= 15 is 0 Å². The first kappa shape index (κ1) is 13.4. The molecular weight excluding hydrogens is 188 g/mol. The highest BCUT2D eigenvalue weighted by Gasteiger charge is 2.33. The van der Waals surface area contributed by atoms with Gasteiger partial charge < -0.3 is 20.1 Å². The van der Waals surface area contributed by atoms with Gasteiger partial charge in [0.25, 0.3) is 0 Å². The first-order valence-corrected chi connectivity index (χ1v) is 4.51. The van der Waals surface area contributed by atoms with Gasteiger partial charge in [0.1, 0.15) is 6.61 Å². The molecule has 0 aromatic rings. The maximum Gasteiger partial charge on any atom is 0.338 e. The van der Waals surface area contributed by atoms with Crippen LogP contribution < -0.4 is 0 Å². The SMILES string of the molecule is CC(O)COC(=O)C(C)(O)CC(C)O. The van der Waals surface area contributed by atoms with Crippen molar-refractivity contribution in [2.45, 2.75) is 45.0 Å². The minimum absolute atomic E-state index is 0.0916. The van der Waals surface area contributed by atoms with Gasteiger partial charge in [-0.15, -0.1) is 0 Å². The Morgan fingerprint density at radius 1 is 1.36 bits per heavy atom. The maximum atomic E-state index is 11.2. The summed E-state index contributed by atoms with van der Waals surface area (Å²) in [6, 6.07) is 0. The van der Waals surface area contributed by atoms with Gasteiger partial charge in [0.15, 0.2) is 5.60 Å². The summed E-state index contributed by atoms with van der Waals surface area (Å²) in [7, 11) is 0. The minimum atomic E-state index is -1.71. The van der Waals surface area contributed by atoms with Crippen LogP contribution in [0.1, 0.15) is 27.2 Å². The van der Waals surface area contributed by atoms with Crippen LogP contribution in [0.25, 0.3) is 0 Å². The molecule has 0 aliphatic rings. The summed E-state index contributed by atoms with van der Waals surface area (Å²) >= 11 is 0. The van der Waals surface area contributed by atoms with Gasteiger partial charge in [0, 0.05) is 6.42 Å². The standard InChI is InChI=1S/C9H18O5/c1-6(10)4-9(3,13)8(12)14-5-7(2)11/h6-7,10-11,13H,4-5H2,1-3H3. The molecule has 5 heteroatoms. The van der Waals surface area contributed by atoms with Crippen LogP contribution in [0.15, 0.2) is 0 Å². The Bertz CT molecular complexity index is 186. The van der Waals surface area contributed by atoms with Crippen molar-refractivity contribution in [1.82, 2.24) is 0 Å². The Hall–Kier alpha value is -0.650. The molecule has 0 aromatic heterocycles. The van der Waals surface area contributed by atoms with E-state index in [4.69, 9.17) is 10.2 Å². The highest BCUT2D eigenvalue weighted by Crippen LogP contribution is 2.14. The molecule has 5 nitrogen and oxygen atoms in total. The molecule has 0 aromatic carbocycles. The quantitative estimate of drug-likeness (QED) is 0.524. The van der Waals surface area contributed by atoms with Crippen molar-refractivity contribution in [2.24, 2.45) is 0 Å². The molecule has 0 spiro atoms. The molecule has 0 fully saturated rings. The predicted octanol–water partition coefficient (Wildman–Crippen LogP) is -0.568. The zero-order valence-electron chi connectivity index (χ0n) is 8.73. The number of hydrogen-bond donors (Lipinski definition) is 3. The molecule has 0 rings (SSSR count). The summed E-state index contributed by atoms with van der Waals surface area (Å²) in [5.74, 6) is -0.834. The van der Waals surface area contributed by atoms with Crippen LogP contribution in [0.2, 0.25) is 0 Å². The third kappa shape index (κ3) is 5.16. The molecule has 0 aliphatic heterocycles. The lowest BCUT2D eigenvalue weighted by Gasteiger charge is -2.22. The van der Waals surface area contributed by atoms with E-state index in [1.165, 1.54) is 20.8 Å². The third-order valence-corrected chi connectivity index (χ3v) is 1.59. The Kier molecular flexibility index (Phi) is 5.04. The van der Waals surface area contributed by atoms with E-state index in [0.717, 1.165) is 0 Å². The van der Waals surface area contributed by atoms with Gasteiger partial charge in [-0.05, 0) is 20.8 Å². The molecular formula is C9H18O5. The average Bonchev–Trinajstić information content (AvgIpc) is 1.97. The van der Waals surface area contributed by atoms with Crippen LogP contribution in [0.3, 0.4) is 0 Å². The molecule has 0 heterocycles. The van der Waals surface area contributed by atoms with E-state index in [0.29, 0.717) is 0 Å². The zero-order valence-corrected chi connectivity index (χ0v) is 8.73. The van der Waals surface area contributed by atoms with Crippen LogP contribution in [0, 0.1) is 0 Å². The van der Waals surface area contributed by atoms with Crippen molar-refractivity contribution in [1.29, 1.82) is 0 Å². The molecule has 3 unspecified atom stereocenters. The molecule has 0 saturated carbocycles. The second-order valence-electron chi connectivity index (χ2n) is 3.77. The summed E-state index contributed by atoms with van der Waals surface area (Å²) in [6.07, 6.45) is -1.64. The van der Waals surface area contributed by atoms with Crippen LogP contribution in [-0.2, 0) is 9.53 Å². The van der Waals surface area contributed by atoms with Crippen LogP contribution in [-0.4, -0.2) is 45.7 Å². The van der Waals surface area contributed by atoms with Gasteiger partial charge >= 0.3 is 5.97 Å². The Morgan fingerprint density at radius 2 is 1.86 bits per heavy atom. The van der Waals surface area contributed by atoms with E-state index in [1.54, 1.807) is 0 Å². The number of hydrogen-bond acceptors (Lipinski definition) is 5. The van der Waals surface area contributed by atoms with Gasteiger partial charge in [-0.1, -0.05) is 0 Å².